The molecule has 1 heterocycles. The normalized spacial score (nSPS) is 10.4. The minimum absolute atomic E-state index is 0.662. The van der Waals surface area contributed by atoms with Gasteiger partial charge in [-0.25, -0.2) is 0 Å². The van der Waals surface area contributed by atoms with Crippen molar-refractivity contribution < 1.29 is 4.84 Å². The summed E-state index contributed by atoms with van der Waals surface area (Å²) >= 11 is 0. The number of hydrogen-bond acceptors (Lipinski definition) is 1. The van der Waals surface area contributed by atoms with E-state index in [2.05, 4.69) is 6.20 Å². The molecule has 0 aliphatic heterocycles. The lowest BCUT2D eigenvalue weighted by Gasteiger charge is -2.03. The zero-order valence-corrected chi connectivity index (χ0v) is 6.95. The minimum Gasteiger partial charge on any atom is -0.413 e. The van der Waals surface area contributed by atoms with Crippen LogP contribution in [0.5, 0.6) is 0 Å². The van der Waals surface area contributed by atoms with Crippen LogP contribution in [0.25, 0.3) is 10.9 Å². The van der Waals surface area contributed by atoms with Crippen LogP contribution in [0.15, 0.2) is 30.3 Å². The molecule has 2 aromatic rings. The number of benzene rings is 1. The summed E-state index contributed by atoms with van der Waals surface area (Å²) in [4.78, 5) is 5.32. The molecule has 0 fully saturated rings. The van der Waals surface area contributed by atoms with Crippen LogP contribution in [0.1, 0.15) is 6.92 Å². The molecule has 2 heteroatoms. The van der Waals surface area contributed by atoms with Crippen LogP contribution in [0.3, 0.4) is 0 Å². The van der Waals surface area contributed by atoms with Crippen LogP contribution in [-0.2, 0) is 0 Å². The lowest BCUT2D eigenvalue weighted by Crippen LogP contribution is -2.08. The molecular weight excluding hydrogens is 150 g/mol. The van der Waals surface area contributed by atoms with Gasteiger partial charge < -0.3 is 4.84 Å². The van der Waals surface area contributed by atoms with Crippen molar-refractivity contribution in [2.45, 2.75) is 6.92 Å². The lowest BCUT2D eigenvalue weighted by atomic mass is 10.3. The van der Waals surface area contributed by atoms with Crippen molar-refractivity contribution in [1.29, 1.82) is 0 Å². The molecule has 61 valence electrons. The Kier molecular flexibility index (Phi) is 1.74. The van der Waals surface area contributed by atoms with Gasteiger partial charge in [-0.3, -0.25) is 0 Å². The Morgan fingerprint density at radius 2 is 2.25 bits per heavy atom. The first-order chi connectivity index (χ1) is 5.92. The zero-order valence-electron chi connectivity index (χ0n) is 6.95. The molecule has 0 aliphatic rings. The molecule has 0 unspecified atom stereocenters. The Balaban J connectivity index is 2.55. The van der Waals surface area contributed by atoms with E-state index in [0.717, 1.165) is 10.9 Å². The molecule has 0 N–H and O–H groups in total. The molecule has 1 aromatic heterocycles. The highest BCUT2D eigenvalue weighted by Gasteiger charge is 1.98. The maximum atomic E-state index is 5.32. The Morgan fingerprint density at radius 1 is 1.42 bits per heavy atom. The molecule has 1 radical (unpaired) electrons. The van der Waals surface area contributed by atoms with E-state index in [1.54, 1.807) is 4.73 Å². The van der Waals surface area contributed by atoms with Gasteiger partial charge in [0.1, 0.15) is 12.8 Å². The van der Waals surface area contributed by atoms with E-state index in [9.17, 15) is 0 Å². The van der Waals surface area contributed by atoms with Crippen LogP contribution in [0.2, 0.25) is 0 Å². The fraction of sp³-hybridized carbons (Fsp3) is 0.200. The number of hydrogen-bond donors (Lipinski definition) is 0. The molecule has 12 heavy (non-hydrogen) atoms. The van der Waals surface area contributed by atoms with Gasteiger partial charge in [0.2, 0.25) is 0 Å². The maximum Gasteiger partial charge on any atom is 0.112 e. The van der Waals surface area contributed by atoms with Gasteiger partial charge in [-0.2, -0.15) is 4.73 Å². The molecule has 0 amide bonds. The third kappa shape index (κ3) is 1.05. The van der Waals surface area contributed by atoms with Crippen molar-refractivity contribution in [1.82, 2.24) is 4.73 Å². The maximum absolute atomic E-state index is 5.32. The molecule has 2 rings (SSSR count). The van der Waals surface area contributed by atoms with Crippen LogP contribution in [-0.4, -0.2) is 11.3 Å². The highest BCUT2D eigenvalue weighted by atomic mass is 16.7. The highest BCUT2D eigenvalue weighted by Crippen LogP contribution is 2.12. The quantitative estimate of drug-likeness (QED) is 0.654. The number of rotatable bonds is 2. The Bertz CT molecular complexity index is 378. The summed E-state index contributed by atoms with van der Waals surface area (Å²) in [6.07, 6.45) is 3.01. The second-order valence-corrected chi connectivity index (χ2v) is 2.54. The monoisotopic (exact) mass is 160 g/mol. The largest absolute Gasteiger partial charge is 0.413 e. The molecule has 1 aromatic carbocycles. The highest BCUT2D eigenvalue weighted by molar-refractivity contribution is 5.79. The van der Waals surface area contributed by atoms with E-state index >= 15 is 0 Å². The van der Waals surface area contributed by atoms with Crippen molar-refractivity contribution in [3.05, 3.63) is 36.5 Å². The molecule has 0 saturated carbocycles. The van der Waals surface area contributed by atoms with E-state index in [-0.39, 0.29) is 0 Å². The fourth-order valence-corrected chi connectivity index (χ4v) is 1.23. The smallest absolute Gasteiger partial charge is 0.112 e. The van der Waals surface area contributed by atoms with Gasteiger partial charge >= 0.3 is 0 Å². The lowest BCUT2D eigenvalue weighted by molar-refractivity contribution is 0.131. The average Bonchev–Trinajstić information content (AvgIpc) is 2.50. The van der Waals surface area contributed by atoms with E-state index in [1.165, 1.54) is 0 Å². The van der Waals surface area contributed by atoms with Gasteiger partial charge in [-0.1, -0.05) is 18.2 Å². The van der Waals surface area contributed by atoms with Crippen molar-refractivity contribution in [2.75, 3.05) is 6.61 Å². The SMILES string of the molecule is CCOn1[c]cc2ccccc21. The summed E-state index contributed by atoms with van der Waals surface area (Å²) in [5.74, 6) is 0. The molecule has 0 saturated heterocycles. The van der Waals surface area contributed by atoms with E-state index in [0.29, 0.717) is 6.61 Å². The second kappa shape index (κ2) is 2.89. The number of nitrogens with zero attached hydrogens (tertiary/aromatic N) is 1. The number of aromatic nitrogens is 1. The second-order valence-electron chi connectivity index (χ2n) is 2.54. The molecule has 0 spiro atoms. The van der Waals surface area contributed by atoms with E-state index < -0.39 is 0 Å². The summed E-state index contributed by atoms with van der Waals surface area (Å²) in [6, 6.07) is 9.98. The molecule has 0 bridgehead atoms. The molecule has 0 aliphatic carbocycles. The van der Waals surface area contributed by atoms with Crippen molar-refractivity contribution in [3.8, 4) is 0 Å². The summed E-state index contributed by atoms with van der Waals surface area (Å²) in [7, 11) is 0. The van der Waals surface area contributed by atoms with Gasteiger partial charge in [0, 0.05) is 5.39 Å². The van der Waals surface area contributed by atoms with Crippen LogP contribution >= 0.6 is 0 Å². The first-order valence-corrected chi connectivity index (χ1v) is 4.03. The van der Waals surface area contributed by atoms with Crippen LogP contribution < -0.4 is 4.84 Å². The molecule has 0 atom stereocenters. The third-order valence-corrected chi connectivity index (χ3v) is 1.75. The van der Waals surface area contributed by atoms with Crippen molar-refractivity contribution in [3.63, 3.8) is 0 Å². The number of para-hydroxylation sites is 1. The Labute approximate surface area is 71.3 Å². The molecule has 2 nitrogen and oxygen atoms in total. The zero-order chi connectivity index (χ0) is 8.39. The Hall–Kier alpha value is -1.44. The topological polar surface area (TPSA) is 14.2 Å². The van der Waals surface area contributed by atoms with Crippen molar-refractivity contribution in [2.24, 2.45) is 0 Å². The van der Waals surface area contributed by atoms with Crippen molar-refractivity contribution >= 4 is 10.9 Å². The summed E-state index contributed by atoms with van der Waals surface area (Å²) in [6.45, 7) is 2.62. The van der Waals surface area contributed by atoms with Crippen LogP contribution in [0, 0.1) is 6.20 Å². The summed E-state index contributed by atoms with van der Waals surface area (Å²) in [5.41, 5.74) is 1.07. The Morgan fingerprint density at radius 3 is 3.08 bits per heavy atom. The first kappa shape index (κ1) is 7.22. The van der Waals surface area contributed by atoms with Gasteiger partial charge in [-0.05, 0) is 19.1 Å². The van der Waals surface area contributed by atoms with E-state index in [4.69, 9.17) is 4.84 Å². The minimum atomic E-state index is 0.662. The number of fused-ring (bicyclic) bond motifs is 1. The fourth-order valence-electron chi connectivity index (χ4n) is 1.23. The predicted octanol–water partition coefficient (Wildman–Crippen LogP) is 1.89. The van der Waals surface area contributed by atoms with Gasteiger partial charge in [-0.15, -0.1) is 0 Å². The van der Waals surface area contributed by atoms with Gasteiger partial charge in [0.05, 0.1) is 5.52 Å². The standard InChI is InChI=1S/C10H10NO/c1-2-12-11-8-7-9-5-3-4-6-10(9)11/h3-7H,2H2,1H3. The third-order valence-electron chi connectivity index (χ3n) is 1.75. The first-order valence-electron chi connectivity index (χ1n) is 4.03. The molecular formula is C10H10NO. The van der Waals surface area contributed by atoms with Gasteiger partial charge in [0.25, 0.3) is 0 Å². The average molecular weight is 160 g/mol. The van der Waals surface area contributed by atoms with Gasteiger partial charge in [0.15, 0.2) is 0 Å². The summed E-state index contributed by atoms with van der Waals surface area (Å²) < 4.78 is 1.68. The van der Waals surface area contributed by atoms with E-state index in [1.807, 2.05) is 37.3 Å². The van der Waals surface area contributed by atoms with Crippen LogP contribution in [0.4, 0.5) is 0 Å². The summed E-state index contributed by atoms with van der Waals surface area (Å²) in [5, 5.41) is 1.16. The predicted molar refractivity (Wildman–Crippen MR) is 47.9 cm³/mol.